The molecule has 1 atom stereocenters. The van der Waals surface area contributed by atoms with E-state index < -0.39 is 29.8 Å². The van der Waals surface area contributed by atoms with Crippen LogP contribution in [-0.2, 0) is 14.4 Å². The van der Waals surface area contributed by atoms with Gasteiger partial charge in [0.15, 0.2) is 0 Å². The number of para-hydroxylation sites is 1. The molecule has 0 bridgehead atoms. The van der Waals surface area contributed by atoms with E-state index in [0.29, 0.717) is 30.3 Å². The lowest BCUT2D eigenvalue weighted by Gasteiger charge is -2.23. The third kappa shape index (κ3) is 4.48. The Morgan fingerprint density at radius 1 is 1.13 bits per heavy atom. The van der Waals surface area contributed by atoms with Gasteiger partial charge in [-0.3, -0.25) is 24.0 Å². The van der Waals surface area contributed by atoms with Gasteiger partial charge in [0, 0.05) is 30.7 Å². The van der Waals surface area contributed by atoms with Crippen LogP contribution in [0.4, 0.5) is 0 Å². The van der Waals surface area contributed by atoms with E-state index in [0.717, 1.165) is 0 Å². The number of amides is 4. The molecule has 1 aliphatic heterocycles. The van der Waals surface area contributed by atoms with Crippen molar-refractivity contribution in [2.24, 2.45) is 0 Å². The van der Waals surface area contributed by atoms with Crippen molar-refractivity contribution < 1.29 is 19.2 Å². The predicted octanol–water partition coefficient (Wildman–Crippen LogP) is -0.889. The maximum Gasteiger partial charge on any atom is 0.257 e. The Kier molecular flexibility index (Phi) is 6.45. The first kappa shape index (κ1) is 21.0. The molecule has 1 unspecified atom stereocenters. The fourth-order valence-corrected chi connectivity index (χ4v) is 3.43. The zero-order valence-electron chi connectivity index (χ0n) is 16.5. The standard InChI is InChI=1S/C20H23N5O5/c1-21-20(30)15-7-4-8-25(15)17(27)11-23-16(26)10-24-19(29)13-9-22-14-6-3-2-5-12(14)18(13)28/h2-3,5-6,9,15H,4,7-8,10-11H2,1H3,(H,21,30)(H,22,28)(H,23,26)(H,24,29). The van der Waals surface area contributed by atoms with Crippen molar-refractivity contribution in [3.8, 4) is 0 Å². The molecule has 1 fully saturated rings. The SMILES string of the molecule is CNC(=O)C1CCCN1C(=O)CNC(=O)CNC(=O)c1c[nH]c2ccccc2c1=O. The summed E-state index contributed by atoms with van der Waals surface area (Å²) in [4.78, 5) is 65.1. The summed E-state index contributed by atoms with van der Waals surface area (Å²) in [7, 11) is 1.51. The number of aromatic nitrogens is 1. The van der Waals surface area contributed by atoms with Gasteiger partial charge in [0.2, 0.25) is 23.2 Å². The minimum Gasteiger partial charge on any atom is -0.360 e. The van der Waals surface area contributed by atoms with Crippen molar-refractivity contribution in [2.75, 3.05) is 26.7 Å². The molecule has 0 spiro atoms. The second-order valence-electron chi connectivity index (χ2n) is 6.90. The van der Waals surface area contributed by atoms with Gasteiger partial charge in [0.05, 0.1) is 13.1 Å². The molecule has 2 aromatic rings. The molecule has 0 aliphatic carbocycles. The predicted molar refractivity (Wildman–Crippen MR) is 109 cm³/mol. The molecule has 0 radical (unpaired) electrons. The number of aromatic amines is 1. The molecule has 0 saturated carbocycles. The third-order valence-corrected chi connectivity index (χ3v) is 5.00. The van der Waals surface area contributed by atoms with Crippen molar-refractivity contribution in [3.05, 3.63) is 46.2 Å². The molecule has 1 saturated heterocycles. The lowest BCUT2D eigenvalue weighted by Crippen LogP contribution is -2.49. The molecule has 4 amide bonds. The van der Waals surface area contributed by atoms with Gasteiger partial charge in [0.25, 0.3) is 5.91 Å². The molecule has 158 valence electrons. The molecule has 30 heavy (non-hydrogen) atoms. The van der Waals surface area contributed by atoms with Gasteiger partial charge >= 0.3 is 0 Å². The van der Waals surface area contributed by atoms with Crippen LogP contribution in [0.25, 0.3) is 10.9 Å². The minimum atomic E-state index is -0.692. The van der Waals surface area contributed by atoms with Crippen LogP contribution >= 0.6 is 0 Å². The zero-order valence-corrected chi connectivity index (χ0v) is 16.5. The highest BCUT2D eigenvalue weighted by Crippen LogP contribution is 2.17. The number of benzene rings is 1. The Morgan fingerprint density at radius 2 is 1.90 bits per heavy atom. The lowest BCUT2D eigenvalue weighted by molar-refractivity contribution is -0.138. The number of pyridine rings is 1. The number of nitrogens with one attached hydrogen (secondary N) is 4. The van der Waals surface area contributed by atoms with E-state index in [1.54, 1.807) is 24.3 Å². The third-order valence-electron chi connectivity index (χ3n) is 5.00. The number of carbonyl (C=O) groups excluding carboxylic acids is 4. The first-order valence-corrected chi connectivity index (χ1v) is 9.58. The first-order valence-electron chi connectivity index (χ1n) is 9.58. The Bertz CT molecular complexity index is 1050. The van der Waals surface area contributed by atoms with Crippen LogP contribution in [0.5, 0.6) is 0 Å². The van der Waals surface area contributed by atoms with E-state index in [1.165, 1.54) is 18.1 Å². The van der Waals surface area contributed by atoms with Crippen LogP contribution in [0.3, 0.4) is 0 Å². The molecular weight excluding hydrogens is 390 g/mol. The number of carbonyl (C=O) groups is 4. The van der Waals surface area contributed by atoms with Crippen molar-refractivity contribution >= 4 is 34.5 Å². The molecular formula is C20H23N5O5. The Hall–Kier alpha value is -3.69. The average molecular weight is 413 g/mol. The number of likely N-dealkylation sites (N-methyl/N-ethyl adjacent to an activating group) is 1. The van der Waals surface area contributed by atoms with E-state index >= 15 is 0 Å². The van der Waals surface area contributed by atoms with E-state index in [1.807, 2.05) is 0 Å². The summed E-state index contributed by atoms with van der Waals surface area (Å²) in [5, 5.41) is 7.70. The van der Waals surface area contributed by atoms with E-state index in [4.69, 9.17) is 0 Å². The Balaban J connectivity index is 1.52. The Morgan fingerprint density at radius 3 is 2.67 bits per heavy atom. The highest BCUT2D eigenvalue weighted by atomic mass is 16.2. The highest BCUT2D eigenvalue weighted by molar-refractivity contribution is 5.99. The Labute approximate surface area is 172 Å². The molecule has 1 aliphatic rings. The molecule has 1 aromatic carbocycles. The molecule has 1 aromatic heterocycles. The summed E-state index contributed by atoms with van der Waals surface area (Å²) in [5.74, 6) is -1.88. The minimum absolute atomic E-state index is 0.108. The lowest BCUT2D eigenvalue weighted by atomic mass is 10.1. The van der Waals surface area contributed by atoms with Crippen molar-refractivity contribution in [1.82, 2.24) is 25.8 Å². The summed E-state index contributed by atoms with van der Waals surface area (Å²) in [6, 6.07) is 6.26. The van der Waals surface area contributed by atoms with E-state index in [2.05, 4.69) is 20.9 Å². The van der Waals surface area contributed by atoms with Gasteiger partial charge in [-0.25, -0.2) is 0 Å². The van der Waals surface area contributed by atoms with Crippen molar-refractivity contribution in [2.45, 2.75) is 18.9 Å². The van der Waals surface area contributed by atoms with Gasteiger partial charge in [-0.2, -0.15) is 0 Å². The van der Waals surface area contributed by atoms with Crippen LogP contribution in [0.2, 0.25) is 0 Å². The average Bonchev–Trinajstić information content (AvgIpc) is 3.25. The highest BCUT2D eigenvalue weighted by Gasteiger charge is 2.33. The smallest absolute Gasteiger partial charge is 0.257 e. The summed E-state index contributed by atoms with van der Waals surface area (Å²) < 4.78 is 0. The van der Waals surface area contributed by atoms with Crippen LogP contribution in [0.1, 0.15) is 23.2 Å². The molecule has 10 heteroatoms. The number of hydrogen-bond acceptors (Lipinski definition) is 5. The summed E-state index contributed by atoms with van der Waals surface area (Å²) >= 11 is 0. The molecule has 10 nitrogen and oxygen atoms in total. The largest absolute Gasteiger partial charge is 0.360 e. The van der Waals surface area contributed by atoms with Crippen LogP contribution in [-0.4, -0.2) is 66.2 Å². The van der Waals surface area contributed by atoms with Gasteiger partial charge in [-0.15, -0.1) is 0 Å². The fourth-order valence-electron chi connectivity index (χ4n) is 3.43. The fraction of sp³-hybridized carbons (Fsp3) is 0.350. The normalized spacial score (nSPS) is 15.6. The van der Waals surface area contributed by atoms with Crippen molar-refractivity contribution in [3.63, 3.8) is 0 Å². The second-order valence-corrected chi connectivity index (χ2v) is 6.90. The summed E-state index contributed by atoms with van der Waals surface area (Å²) in [6.07, 6.45) is 2.59. The van der Waals surface area contributed by atoms with Crippen LogP contribution in [0, 0.1) is 0 Å². The number of nitrogens with zero attached hydrogens (tertiary/aromatic N) is 1. The summed E-state index contributed by atoms with van der Waals surface area (Å²) in [6.45, 7) is -0.218. The quantitative estimate of drug-likeness (QED) is 0.486. The number of rotatable bonds is 6. The van der Waals surface area contributed by atoms with Crippen LogP contribution in [0.15, 0.2) is 35.3 Å². The number of likely N-dealkylation sites (tertiary alicyclic amines) is 1. The van der Waals surface area contributed by atoms with Crippen LogP contribution < -0.4 is 21.4 Å². The monoisotopic (exact) mass is 413 g/mol. The van der Waals surface area contributed by atoms with Gasteiger partial charge in [-0.1, -0.05) is 12.1 Å². The van der Waals surface area contributed by atoms with Gasteiger partial charge in [-0.05, 0) is 25.0 Å². The molecule has 4 N–H and O–H groups in total. The maximum atomic E-state index is 12.4. The zero-order chi connectivity index (χ0) is 21.7. The maximum absolute atomic E-state index is 12.4. The second kappa shape index (κ2) is 9.21. The van der Waals surface area contributed by atoms with Gasteiger partial charge in [0.1, 0.15) is 11.6 Å². The number of fused-ring (bicyclic) bond motifs is 1. The van der Waals surface area contributed by atoms with Gasteiger partial charge < -0.3 is 25.8 Å². The number of hydrogen-bond donors (Lipinski definition) is 4. The van der Waals surface area contributed by atoms with E-state index in [-0.39, 0.29) is 23.9 Å². The number of H-pyrrole nitrogens is 1. The molecule has 3 rings (SSSR count). The van der Waals surface area contributed by atoms with E-state index in [9.17, 15) is 24.0 Å². The van der Waals surface area contributed by atoms with Crippen molar-refractivity contribution in [1.29, 1.82) is 0 Å². The topological polar surface area (TPSA) is 140 Å². The summed E-state index contributed by atoms with van der Waals surface area (Å²) in [5.41, 5.74) is 0.0575. The first-order chi connectivity index (χ1) is 14.4. The molecule has 2 heterocycles.